The van der Waals surface area contributed by atoms with Crippen molar-refractivity contribution in [3.8, 4) is 22.8 Å². The molecule has 0 radical (unpaired) electrons. The minimum absolute atomic E-state index is 0.183. The first kappa shape index (κ1) is 19.4. The first-order valence-electron chi connectivity index (χ1n) is 8.37. The highest BCUT2D eigenvalue weighted by Gasteiger charge is 2.31. The van der Waals surface area contributed by atoms with Gasteiger partial charge in [0.15, 0.2) is 5.82 Å². The molecule has 0 aliphatic heterocycles. The van der Waals surface area contributed by atoms with Crippen LogP contribution in [-0.4, -0.2) is 33.7 Å². The molecule has 0 aliphatic rings. The highest BCUT2D eigenvalue weighted by molar-refractivity contribution is 5.72. The van der Waals surface area contributed by atoms with E-state index < -0.39 is 6.36 Å². The van der Waals surface area contributed by atoms with E-state index in [1.54, 1.807) is 31.2 Å². The standard InChI is InChI=1S/C19H16F3N3O3/c1-2-27-17(26)11-13-3-5-14(6-4-13)18-23-12-25(24-18)15-7-9-16(10-8-15)28-19(20,21)22/h3-10,12H,2,11H2,1H3. The molecule has 6 nitrogen and oxygen atoms in total. The molecule has 1 heterocycles. The lowest BCUT2D eigenvalue weighted by atomic mass is 10.1. The molecule has 0 bridgehead atoms. The van der Waals surface area contributed by atoms with Crippen LogP contribution in [-0.2, 0) is 16.0 Å². The molecular weight excluding hydrogens is 375 g/mol. The number of carbonyl (C=O) groups is 1. The van der Waals surface area contributed by atoms with Crippen LogP contribution >= 0.6 is 0 Å². The predicted molar refractivity (Wildman–Crippen MR) is 93.8 cm³/mol. The number of aromatic nitrogens is 3. The van der Waals surface area contributed by atoms with Gasteiger partial charge in [-0.1, -0.05) is 24.3 Å². The summed E-state index contributed by atoms with van der Waals surface area (Å²) in [7, 11) is 0. The van der Waals surface area contributed by atoms with Gasteiger partial charge in [0.2, 0.25) is 0 Å². The SMILES string of the molecule is CCOC(=O)Cc1ccc(-c2ncn(-c3ccc(OC(F)(F)F)cc3)n2)cc1. The van der Waals surface area contributed by atoms with E-state index in [1.165, 1.54) is 35.3 Å². The maximum atomic E-state index is 12.2. The number of rotatable bonds is 6. The Hall–Kier alpha value is -3.36. The number of hydrogen-bond acceptors (Lipinski definition) is 5. The monoisotopic (exact) mass is 391 g/mol. The summed E-state index contributed by atoms with van der Waals surface area (Å²) >= 11 is 0. The topological polar surface area (TPSA) is 66.2 Å². The summed E-state index contributed by atoms with van der Waals surface area (Å²) in [6, 6.07) is 12.4. The molecule has 0 aliphatic carbocycles. The van der Waals surface area contributed by atoms with E-state index in [0.717, 1.165) is 11.1 Å². The third kappa shape index (κ3) is 5.09. The van der Waals surface area contributed by atoms with Crippen molar-refractivity contribution in [3.63, 3.8) is 0 Å². The van der Waals surface area contributed by atoms with Crippen molar-refractivity contribution in [3.05, 3.63) is 60.4 Å². The zero-order valence-corrected chi connectivity index (χ0v) is 14.8. The number of hydrogen-bond donors (Lipinski definition) is 0. The average molecular weight is 391 g/mol. The maximum Gasteiger partial charge on any atom is 0.573 e. The van der Waals surface area contributed by atoms with Crippen LogP contribution in [0.2, 0.25) is 0 Å². The van der Waals surface area contributed by atoms with Crippen molar-refractivity contribution in [2.75, 3.05) is 6.61 Å². The number of halogens is 3. The summed E-state index contributed by atoms with van der Waals surface area (Å²) in [6.45, 7) is 2.08. The van der Waals surface area contributed by atoms with Gasteiger partial charge < -0.3 is 9.47 Å². The first-order chi connectivity index (χ1) is 13.3. The summed E-state index contributed by atoms with van der Waals surface area (Å²) < 4.78 is 46.8. The largest absolute Gasteiger partial charge is 0.573 e. The Labute approximate surface area is 158 Å². The van der Waals surface area contributed by atoms with Crippen molar-refractivity contribution < 1.29 is 27.4 Å². The van der Waals surface area contributed by atoms with Gasteiger partial charge >= 0.3 is 12.3 Å². The minimum atomic E-state index is -4.73. The average Bonchev–Trinajstić information content (AvgIpc) is 3.12. The van der Waals surface area contributed by atoms with Gasteiger partial charge in [-0.05, 0) is 36.8 Å². The Balaban J connectivity index is 1.70. The Kier molecular flexibility index (Phi) is 5.62. The molecule has 0 N–H and O–H groups in total. The van der Waals surface area contributed by atoms with Crippen molar-refractivity contribution >= 4 is 5.97 Å². The van der Waals surface area contributed by atoms with Crippen molar-refractivity contribution in [2.24, 2.45) is 0 Å². The molecule has 0 fully saturated rings. The fourth-order valence-corrected chi connectivity index (χ4v) is 2.47. The second-order valence-corrected chi connectivity index (χ2v) is 5.73. The molecule has 0 atom stereocenters. The minimum Gasteiger partial charge on any atom is -0.466 e. The lowest BCUT2D eigenvalue weighted by molar-refractivity contribution is -0.274. The molecule has 0 spiro atoms. The number of alkyl halides is 3. The quantitative estimate of drug-likeness (QED) is 0.596. The second-order valence-electron chi connectivity index (χ2n) is 5.73. The molecule has 0 amide bonds. The third-order valence-corrected chi connectivity index (χ3v) is 3.69. The van der Waals surface area contributed by atoms with Gasteiger partial charge in [-0.3, -0.25) is 4.79 Å². The Morgan fingerprint density at radius 3 is 2.36 bits per heavy atom. The van der Waals surface area contributed by atoms with E-state index in [4.69, 9.17) is 4.74 Å². The highest BCUT2D eigenvalue weighted by Crippen LogP contribution is 2.24. The summed E-state index contributed by atoms with van der Waals surface area (Å²) in [5.74, 6) is -0.164. The number of nitrogens with zero attached hydrogens (tertiary/aromatic N) is 3. The van der Waals surface area contributed by atoms with Crippen molar-refractivity contribution in [1.29, 1.82) is 0 Å². The smallest absolute Gasteiger partial charge is 0.466 e. The summed E-state index contributed by atoms with van der Waals surface area (Å²) in [5, 5.41) is 4.33. The number of ether oxygens (including phenoxy) is 2. The van der Waals surface area contributed by atoms with E-state index >= 15 is 0 Å². The molecule has 0 saturated carbocycles. The zero-order valence-electron chi connectivity index (χ0n) is 14.8. The van der Waals surface area contributed by atoms with Gasteiger partial charge in [-0.15, -0.1) is 18.3 Å². The zero-order chi connectivity index (χ0) is 20.1. The highest BCUT2D eigenvalue weighted by atomic mass is 19.4. The molecule has 3 aromatic rings. The van der Waals surface area contributed by atoms with Crippen molar-refractivity contribution in [1.82, 2.24) is 14.8 Å². The van der Waals surface area contributed by atoms with E-state index in [0.29, 0.717) is 18.1 Å². The summed E-state index contributed by atoms with van der Waals surface area (Å²) in [6.07, 6.45) is -3.09. The maximum absolute atomic E-state index is 12.2. The Morgan fingerprint density at radius 2 is 1.75 bits per heavy atom. The molecule has 2 aromatic carbocycles. The predicted octanol–water partition coefficient (Wildman–Crippen LogP) is 3.94. The fraction of sp³-hybridized carbons (Fsp3) is 0.211. The molecule has 1 aromatic heterocycles. The van der Waals surface area contributed by atoms with E-state index in [1.807, 2.05) is 0 Å². The van der Waals surface area contributed by atoms with Gasteiger partial charge in [-0.25, -0.2) is 9.67 Å². The van der Waals surface area contributed by atoms with Crippen LogP contribution in [0, 0.1) is 0 Å². The lowest BCUT2D eigenvalue weighted by Crippen LogP contribution is -2.17. The second kappa shape index (κ2) is 8.12. The van der Waals surface area contributed by atoms with Gasteiger partial charge in [0.1, 0.15) is 12.1 Å². The van der Waals surface area contributed by atoms with Crippen LogP contribution < -0.4 is 4.74 Å². The third-order valence-electron chi connectivity index (χ3n) is 3.69. The Bertz CT molecular complexity index is 936. The molecular formula is C19H16F3N3O3. The van der Waals surface area contributed by atoms with E-state index in [-0.39, 0.29) is 18.1 Å². The number of esters is 1. The molecule has 0 unspecified atom stereocenters. The normalized spacial score (nSPS) is 11.3. The fourth-order valence-electron chi connectivity index (χ4n) is 2.47. The van der Waals surface area contributed by atoms with Crippen LogP contribution in [0.15, 0.2) is 54.9 Å². The lowest BCUT2D eigenvalue weighted by Gasteiger charge is -2.09. The van der Waals surface area contributed by atoms with E-state index in [2.05, 4.69) is 14.8 Å². The molecule has 0 saturated heterocycles. The van der Waals surface area contributed by atoms with Gasteiger partial charge in [-0.2, -0.15) is 0 Å². The van der Waals surface area contributed by atoms with Crippen LogP contribution in [0.3, 0.4) is 0 Å². The number of carbonyl (C=O) groups excluding carboxylic acids is 1. The molecule has 28 heavy (non-hydrogen) atoms. The van der Waals surface area contributed by atoms with Crippen LogP contribution in [0.5, 0.6) is 5.75 Å². The first-order valence-corrected chi connectivity index (χ1v) is 8.37. The summed E-state index contributed by atoms with van der Waals surface area (Å²) in [5.41, 5.74) is 2.08. The molecule has 146 valence electrons. The number of benzene rings is 2. The van der Waals surface area contributed by atoms with Gasteiger partial charge in [0.05, 0.1) is 18.7 Å². The van der Waals surface area contributed by atoms with Crippen LogP contribution in [0.1, 0.15) is 12.5 Å². The van der Waals surface area contributed by atoms with E-state index in [9.17, 15) is 18.0 Å². The summed E-state index contributed by atoms with van der Waals surface area (Å²) in [4.78, 5) is 15.7. The van der Waals surface area contributed by atoms with Gasteiger partial charge in [0, 0.05) is 5.56 Å². The van der Waals surface area contributed by atoms with Crippen molar-refractivity contribution in [2.45, 2.75) is 19.7 Å². The van der Waals surface area contributed by atoms with Crippen LogP contribution in [0.4, 0.5) is 13.2 Å². The Morgan fingerprint density at radius 1 is 1.07 bits per heavy atom. The molecule has 9 heteroatoms. The molecule has 3 rings (SSSR count). The van der Waals surface area contributed by atoms with Crippen LogP contribution in [0.25, 0.3) is 17.1 Å². The van der Waals surface area contributed by atoms with Gasteiger partial charge in [0.25, 0.3) is 0 Å².